The second kappa shape index (κ2) is 4.55. The number of likely N-dealkylation sites (tertiary alicyclic amines) is 1. The molecule has 0 spiro atoms. The summed E-state index contributed by atoms with van der Waals surface area (Å²) in [7, 11) is 0. The highest BCUT2D eigenvalue weighted by atomic mass is 16.7. The third-order valence-corrected chi connectivity index (χ3v) is 3.41. The van der Waals surface area contributed by atoms with Crippen molar-refractivity contribution >= 4 is 0 Å². The monoisotopic (exact) mass is 235 g/mol. The molecular formula is C13H17NO3. The minimum Gasteiger partial charge on any atom is -0.454 e. The molecule has 3 rings (SSSR count). The molecule has 0 amide bonds. The van der Waals surface area contributed by atoms with Crippen LogP contribution >= 0.6 is 0 Å². The van der Waals surface area contributed by atoms with E-state index in [1.165, 1.54) is 12.8 Å². The summed E-state index contributed by atoms with van der Waals surface area (Å²) in [4.78, 5) is 2.30. The largest absolute Gasteiger partial charge is 0.454 e. The van der Waals surface area contributed by atoms with Crippen LogP contribution in [0.15, 0.2) is 18.2 Å². The quantitative estimate of drug-likeness (QED) is 0.863. The molecule has 2 aliphatic rings. The molecule has 0 aliphatic carbocycles. The summed E-state index contributed by atoms with van der Waals surface area (Å²) in [5.41, 5.74) is 0.904. The van der Waals surface area contributed by atoms with Crippen LogP contribution in [0.4, 0.5) is 0 Å². The highest BCUT2D eigenvalue weighted by molar-refractivity contribution is 5.45. The van der Waals surface area contributed by atoms with Gasteiger partial charge in [0.2, 0.25) is 6.79 Å². The van der Waals surface area contributed by atoms with Gasteiger partial charge in [-0.2, -0.15) is 0 Å². The van der Waals surface area contributed by atoms with E-state index in [1.54, 1.807) is 0 Å². The van der Waals surface area contributed by atoms with E-state index in [1.807, 2.05) is 18.2 Å². The number of β-amino-alcohol motifs (C(OH)–C–C–N with tert-alkyl or cyclic N) is 1. The first-order chi connectivity index (χ1) is 8.33. The van der Waals surface area contributed by atoms with Crippen LogP contribution in [0.3, 0.4) is 0 Å². The Morgan fingerprint density at radius 3 is 2.76 bits per heavy atom. The summed E-state index contributed by atoms with van der Waals surface area (Å²) in [6.45, 7) is 3.18. The topological polar surface area (TPSA) is 41.9 Å². The average Bonchev–Trinajstić information content (AvgIpc) is 2.97. The Hall–Kier alpha value is -1.26. The molecule has 1 atom stereocenters. The van der Waals surface area contributed by atoms with Crippen LogP contribution in [-0.4, -0.2) is 36.4 Å². The normalized spacial score (nSPS) is 20.8. The van der Waals surface area contributed by atoms with Gasteiger partial charge in [-0.05, 0) is 43.6 Å². The SMILES string of the molecule is OC(CN1CCCC1)c1ccc2c(c1)OCO2. The first-order valence-corrected chi connectivity index (χ1v) is 6.13. The summed E-state index contributed by atoms with van der Waals surface area (Å²) in [5.74, 6) is 1.50. The number of benzene rings is 1. The van der Waals surface area contributed by atoms with E-state index in [0.717, 1.165) is 30.2 Å². The van der Waals surface area contributed by atoms with Gasteiger partial charge in [0.15, 0.2) is 11.5 Å². The predicted octanol–water partition coefficient (Wildman–Crippen LogP) is 1.54. The maximum atomic E-state index is 10.2. The molecule has 1 aromatic rings. The van der Waals surface area contributed by atoms with Gasteiger partial charge in [-0.3, -0.25) is 0 Å². The van der Waals surface area contributed by atoms with E-state index in [4.69, 9.17) is 9.47 Å². The van der Waals surface area contributed by atoms with E-state index >= 15 is 0 Å². The number of aliphatic hydroxyl groups is 1. The Bertz CT molecular complexity index is 402. The molecule has 1 fully saturated rings. The van der Waals surface area contributed by atoms with Crippen molar-refractivity contribution < 1.29 is 14.6 Å². The molecule has 17 heavy (non-hydrogen) atoms. The zero-order valence-electron chi connectivity index (χ0n) is 9.76. The number of ether oxygens (including phenoxy) is 2. The van der Waals surface area contributed by atoms with Crippen LogP contribution in [0.25, 0.3) is 0 Å². The van der Waals surface area contributed by atoms with E-state index in [-0.39, 0.29) is 6.79 Å². The maximum Gasteiger partial charge on any atom is 0.231 e. The second-order valence-corrected chi connectivity index (χ2v) is 4.64. The van der Waals surface area contributed by atoms with Crippen molar-refractivity contribution in [2.24, 2.45) is 0 Å². The molecule has 2 aliphatic heterocycles. The highest BCUT2D eigenvalue weighted by Gasteiger charge is 2.20. The summed E-state index contributed by atoms with van der Waals surface area (Å²) in [6, 6.07) is 5.65. The Morgan fingerprint density at radius 2 is 1.94 bits per heavy atom. The standard InChI is InChI=1S/C13H17NO3/c15-11(8-14-5-1-2-6-14)10-3-4-12-13(7-10)17-9-16-12/h3-4,7,11,15H,1-2,5-6,8-9H2. The van der Waals surface area contributed by atoms with Crippen LogP contribution in [0.1, 0.15) is 24.5 Å². The summed E-state index contributed by atoms with van der Waals surface area (Å²) in [5, 5.41) is 10.2. The van der Waals surface area contributed by atoms with Gasteiger partial charge in [0, 0.05) is 6.54 Å². The Kier molecular flexibility index (Phi) is 2.91. The molecule has 92 valence electrons. The summed E-state index contributed by atoms with van der Waals surface area (Å²) >= 11 is 0. The number of nitrogens with zero attached hydrogens (tertiary/aromatic N) is 1. The lowest BCUT2D eigenvalue weighted by Crippen LogP contribution is -2.25. The molecule has 4 nitrogen and oxygen atoms in total. The van der Waals surface area contributed by atoms with Crippen molar-refractivity contribution in [2.45, 2.75) is 18.9 Å². The van der Waals surface area contributed by atoms with Crippen LogP contribution in [0.2, 0.25) is 0 Å². The molecule has 0 radical (unpaired) electrons. The van der Waals surface area contributed by atoms with Crippen molar-refractivity contribution in [1.29, 1.82) is 0 Å². The molecule has 1 aromatic carbocycles. The molecule has 2 heterocycles. The van der Waals surface area contributed by atoms with Gasteiger partial charge in [-0.1, -0.05) is 6.07 Å². The van der Waals surface area contributed by atoms with Gasteiger partial charge in [-0.25, -0.2) is 0 Å². The molecule has 1 unspecified atom stereocenters. The van der Waals surface area contributed by atoms with Gasteiger partial charge < -0.3 is 19.5 Å². The van der Waals surface area contributed by atoms with Crippen molar-refractivity contribution in [1.82, 2.24) is 4.90 Å². The fraction of sp³-hybridized carbons (Fsp3) is 0.538. The van der Waals surface area contributed by atoms with Gasteiger partial charge >= 0.3 is 0 Å². The molecule has 1 saturated heterocycles. The lowest BCUT2D eigenvalue weighted by Gasteiger charge is -2.19. The maximum absolute atomic E-state index is 10.2. The third kappa shape index (κ3) is 2.23. The molecule has 4 heteroatoms. The van der Waals surface area contributed by atoms with E-state index < -0.39 is 6.10 Å². The molecule has 1 N–H and O–H groups in total. The number of fused-ring (bicyclic) bond motifs is 1. The lowest BCUT2D eigenvalue weighted by molar-refractivity contribution is 0.126. The Labute approximate surface area is 101 Å². The van der Waals surface area contributed by atoms with Crippen molar-refractivity contribution in [2.75, 3.05) is 26.4 Å². The number of aliphatic hydroxyl groups excluding tert-OH is 1. The van der Waals surface area contributed by atoms with Gasteiger partial charge in [-0.15, -0.1) is 0 Å². The predicted molar refractivity (Wildman–Crippen MR) is 63.2 cm³/mol. The number of rotatable bonds is 3. The van der Waals surface area contributed by atoms with Gasteiger partial charge in [0.05, 0.1) is 6.10 Å². The van der Waals surface area contributed by atoms with Gasteiger partial charge in [0.1, 0.15) is 0 Å². The summed E-state index contributed by atoms with van der Waals surface area (Å²) < 4.78 is 10.6. The number of hydrogen-bond acceptors (Lipinski definition) is 4. The Morgan fingerprint density at radius 1 is 1.18 bits per heavy atom. The fourth-order valence-electron chi connectivity index (χ4n) is 2.44. The van der Waals surface area contributed by atoms with Crippen molar-refractivity contribution in [3.63, 3.8) is 0 Å². The highest BCUT2D eigenvalue weighted by Crippen LogP contribution is 2.34. The molecule has 0 aromatic heterocycles. The van der Waals surface area contributed by atoms with Crippen LogP contribution in [-0.2, 0) is 0 Å². The van der Waals surface area contributed by atoms with Crippen molar-refractivity contribution in [3.8, 4) is 11.5 Å². The first-order valence-electron chi connectivity index (χ1n) is 6.13. The smallest absolute Gasteiger partial charge is 0.231 e. The Balaban J connectivity index is 1.70. The third-order valence-electron chi connectivity index (χ3n) is 3.41. The van der Waals surface area contributed by atoms with Crippen molar-refractivity contribution in [3.05, 3.63) is 23.8 Å². The lowest BCUT2D eigenvalue weighted by atomic mass is 10.1. The van der Waals surface area contributed by atoms with Crippen LogP contribution < -0.4 is 9.47 Å². The second-order valence-electron chi connectivity index (χ2n) is 4.64. The fourth-order valence-corrected chi connectivity index (χ4v) is 2.44. The average molecular weight is 235 g/mol. The van der Waals surface area contributed by atoms with E-state index in [0.29, 0.717) is 6.54 Å². The van der Waals surface area contributed by atoms with Crippen LogP contribution in [0.5, 0.6) is 11.5 Å². The minimum atomic E-state index is -0.442. The van der Waals surface area contributed by atoms with E-state index in [2.05, 4.69) is 4.90 Å². The first kappa shape index (κ1) is 10.9. The van der Waals surface area contributed by atoms with E-state index in [9.17, 15) is 5.11 Å². The zero-order valence-corrected chi connectivity index (χ0v) is 9.76. The zero-order chi connectivity index (χ0) is 11.7. The molecule has 0 saturated carbocycles. The molecule has 0 bridgehead atoms. The summed E-state index contributed by atoms with van der Waals surface area (Å²) in [6.07, 6.45) is 2.05. The molecular weight excluding hydrogens is 218 g/mol. The van der Waals surface area contributed by atoms with Crippen LogP contribution in [0, 0.1) is 0 Å². The minimum absolute atomic E-state index is 0.279. The number of hydrogen-bond donors (Lipinski definition) is 1. The van der Waals surface area contributed by atoms with Gasteiger partial charge in [0.25, 0.3) is 0 Å².